The van der Waals surface area contributed by atoms with Crippen molar-refractivity contribution < 1.29 is 14.2 Å². The molecule has 0 radical (unpaired) electrons. The zero-order chi connectivity index (χ0) is 21.7. The molecule has 2 unspecified atom stereocenters. The van der Waals surface area contributed by atoms with E-state index in [0.29, 0.717) is 34.3 Å². The average molecular weight is 532 g/mol. The molecular formula is C23H22FIN4O2. The van der Waals surface area contributed by atoms with Gasteiger partial charge in [-0.25, -0.2) is 9.07 Å². The van der Waals surface area contributed by atoms with Gasteiger partial charge in [0.25, 0.3) is 0 Å². The van der Waals surface area contributed by atoms with E-state index in [-0.39, 0.29) is 6.23 Å². The Morgan fingerprint density at radius 3 is 2.84 bits per heavy atom. The van der Waals surface area contributed by atoms with Crippen molar-refractivity contribution in [2.75, 3.05) is 12.3 Å². The van der Waals surface area contributed by atoms with Gasteiger partial charge in [-0.15, -0.1) is 0 Å². The number of fused-ring (bicyclic) bond motifs is 2. The van der Waals surface area contributed by atoms with Crippen LogP contribution in [0.3, 0.4) is 0 Å². The topological polar surface area (TPSA) is 86.2 Å². The van der Waals surface area contributed by atoms with Gasteiger partial charge in [-0.3, -0.25) is 4.98 Å². The molecule has 3 heterocycles. The van der Waals surface area contributed by atoms with Crippen molar-refractivity contribution in [1.82, 2.24) is 14.8 Å². The fourth-order valence-corrected chi connectivity index (χ4v) is 5.05. The summed E-state index contributed by atoms with van der Waals surface area (Å²) in [6.45, 7) is 2.56. The second-order valence-corrected chi connectivity index (χ2v) is 9.08. The highest BCUT2D eigenvalue weighted by Gasteiger charge is 2.25. The number of halogens is 2. The Kier molecular flexibility index (Phi) is 5.31. The van der Waals surface area contributed by atoms with Crippen molar-refractivity contribution in [2.45, 2.75) is 38.5 Å². The minimum Gasteiger partial charge on any atom is -0.398 e. The third kappa shape index (κ3) is 3.46. The molecule has 0 amide bonds. The zero-order valence-electron chi connectivity index (χ0n) is 17.0. The van der Waals surface area contributed by atoms with Crippen molar-refractivity contribution >= 4 is 50.1 Å². The zero-order valence-corrected chi connectivity index (χ0v) is 19.1. The van der Waals surface area contributed by atoms with Crippen LogP contribution in [0.25, 0.3) is 21.8 Å². The molecule has 8 heteroatoms. The first-order valence-electron chi connectivity index (χ1n) is 10.3. The molecule has 0 spiro atoms. The highest BCUT2D eigenvalue weighted by molar-refractivity contribution is 14.1. The Bertz CT molecular complexity index is 1300. The second kappa shape index (κ2) is 7.99. The molecule has 4 aromatic rings. The molecule has 1 aliphatic heterocycles. The predicted octanol–water partition coefficient (Wildman–Crippen LogP) is 5.00. The number of aliphatic hydroxyl groups is 1. The number of aromatic nitrogens is 3. The van der Waals surface area contributed by atoms with E-state index < -0.39 is 11.9 Å². The lowest BCUT2D eigenvalue weighted by molar-refractivity contribution is -0.0369. The second-order valence-electron chi connectivity index (χ2n) is 7.92. The van der Waals surface area contributed by atoms with Gasteiger partial charge in [-0.2, -0.15) is 5.10 Å². The molecule has 6 nitrogen and oxygen atoms in total. The van der Waals surface area contributed by atoms with Crippen LogP contribution in [0.15, 0.2) is 36.5 Å². The number of aliphatic hydroxyl groups excluding tert-OH is 1. The van der Waals surface area contributed by atoms with Crippen LogP contribution in [0, 0.1) is 16.3 Å². The number of benzene rings is 2. The quantitative estimate of drug-likeness (QED) is 0.287. The van der Waals surface area contributed by atoms with Gasteiger partial charge in [0.05, 0.1) is 11.7 Å². The van der Waals surface area contributed by atoms with Crippen molar-refractivity contribution in [3.63, 3.8) is 0 Å². The van der Waals surface area contributed by atoms with E-state index >= 15 is 0 Å². The molecule has 1 saturated heterocycles. The van der Waals surface area contributed by atoms with Gasteiger partial charge in [0.2, 0.25) is 0 Å². The van der Waals surface area contributed by atoms with E-state index in [2.05, 4.69) is 32.7 Å². The van der Waals surface area contributed by atoms with E-state index in [1.54, 1.807) is 16.9 Å². The van der Waals surface area contributed by atoms with Gasteiger partial charge in [-0.1, -0.05) is 6.07 Å². The fourth-order valence-electron chi connectivity index (χ4n) is 4.30. The first-order valence-corrected chi connectivity index (χ1v) is 11.3. The Morgan fingerprint density at radius 1 is 1.23 bits per heavy atom. The number of nitrogen functional groups attached to an aromatic ring is 1. The van der Waals surface area contributed by atoms with Crippen molar-refractivity contribution in [2.24, 2.45) is 0 Å². The van der Waals surface area contributed by atoms with Gasteiger partial charge in [-0.05, 0) is 78.6 Å². The summed E-state index contributed by atoms with van der Waals surface area (Å²) in [4.78, 5) is 4.58. The van der Waals surface area contributed by atoms with Gasteiger partial charge >= 0.3 is 0 Å². The molecule has 0 aliphatic carbocycles. The van der Waals surface area contributed by atoms with Crippen LogP contribution in [0.5, 0.6) is 0 Å². The molecule has 160 valence electrons. The number of nitrogens with two attached hydrogens (primary N) is 1. The maximum atomic E-state index is 14.8. The number of aryl methyl sites for hydroxylation is 1. The maximum absolute atomic E-state index is 14.8. The number of nitrogens with zero attached hydrogens (tertiary/aromatic N) is 3. The molecule has 2 aromatic carbocycles. The van der Waals surface area contributed by atoms with Crippen molar-refractivity contribution in [3.05, 3.63) is 62.7 Å². The van der Waals surface area contributed by atoms with Crippen LogP contribution in [0.1, 0.15) is 48.4 Å². The summed E-state index contributed by atoms with van der Waals surface area (Å²) in [5.74, 6) is -0.390. The number of pyridine rings is 1. The van der Waals surface area contributed by atoms with Crippen LogP contribution < -0.4 is 5.73 Å². The Morgan fingerprint density at radius 2 is 2.06 bits per heavy atom. The Balaban J connectivity index is 1.65. The van der Waals surface area contributed by atoms with E-state index in [1.165, 1.54) is 6.07 Å². The molecule has 0 saturated carbocycles. The number of ether oxygens (including phenoxy) is 1. The minimum atomic E-state index is -1.03. The summed E-state index contributed by atoms with van der Waals surface area (Å²) in [7, 11) is 0. The molecule has 0 bridgehead atoms. The number of hydrogen-bond acceptors (Lipinski definition) is 5. The van der Waals surface area contributed by atoms with Crippen LogP contribution in [0.4, 0.5) is 10.1 Å². The summed E-state index contributed by atoms with van der Waals surface area (Å²) in [6.07, 6.45) is 3.06. The highest BCUT2D eigenvalue weighted by atomic mass is 127. The lowest BCUT2D eigenvalue weighted by Gasteiger charge is -2.24. The largest absolute Gasteiger partial charge is 0.398 e. The molecule has 2 atom stereocenters. The SMILES string of the molecule is Cc1ccc2c(N)c(C(O)c3ccc(F)c4c3cnn4C3CCCCO3)cc(I)c2n1. The monoisotopic (exact) mass is 532 g/mol. The first-order chi connectivity index (χ1) is 15.0. The number of rotatable bonds is 3. The van der Waals surface area contributed by atoms with Gasteiger partial charge < -0.3 is 15.6 Å². The van der Waals surface area contributed by atoms with Crippen LogP contribution in [-0.4, -0.2) is 26.5 Å². The summed E-state index contributed by atoms with van der Waals surface area (Å²) < 4.78 is 23.1. The lowest BCUT2D eigenvalue weighted by atomic mass is 9.95. The standard InChI is InChI=1S/C23H22FIN4O2/c1-12-5-6-14-20(26)15(10-18(25)21(14)28-12)23(30)13-7-8-17(24)22-16(13)11-27-29(22)19-4-2-3-9-31-19/h5-8,10-11,19,23,30H,2-4,9,26H2,1H3. The Hall–Kier alpha value is -2.30. The van der Waals surface area contributed by atoms with Gasteiger partial charge in [0.15, 0.2) is 6.23 Å². The fraction of sp³-hybridized carbons (Fsp3) is 0.304. The first kappa shape index (κ1) is 20.6. The lowest BCUT2D eigenvalue weighted by Crippen LogP contribution is -2.19. The third-order valence-corrected chi connectivity index (χ3v) is 6.73. The summed E-state index contributed by atoms with van der Waals surface area (Å²) in [5, 5.41) is 17.1. The molecular weight excluding hydrogens is 510 g/mol. The van der Waals surface area contributed by atoms with Crippen LogP contribution >= 0.6 is 22.6 Å². The molecule has 1 fully saturated rings. The number of hydrogen-bond donors (Lipinski definition) is 2. The molecule has 1 aliphatic rings. The maximum Gasteiger partial charge on any atom is 0.150 e. The van der Waals surface area contributed by atoms with Gasteiger partial charge in [0, 0.05) is 37.9 Å². The summed E-state index contributed by atoms with van der Waals surface area (Å²) >= 11 is 2.20. The predicted molar refractivity (Wildman–Crippen MR) is 126 cm³/mol. The molecule has 3 N–H and O–H groups in total. The van der Waals surface area contributed by atoms with Crippen LogP contribution in [0.2, 0.25) is 0 Å². The summed E-state index contributed by atoms with van der Waals surface area (Å²) in [6, 6.07) is 8.63. The molecule has 31 heavy (non-hydrogen) atoms. The van der Waals surface area contributed by atoms with Crippen LogP contribution in [-0.2, 0) is 4.74 Å². The van der Waals surface area contributed by atoms with E-state index in [0.717, 1.165) is 39.4 Å². The normalized spacial score (nSPS) is 18.0. The van der Waals surface area contributed by atoms with Crippen molar-refractivity contribution in [1.29, 1.82) is 0 Å². The van der Waals surface area contributed by atoms with Crippen molar-refractivity contribution in [3.8, 4) is 0 Å². The Labute approximate surface area is 192 Å². The summed E-state index contributed by atoms with van der Waals surface area (Å²) in [5.41, 5.74) is 10.1. The van der Waals surface area contributed by atoms with Gasteiger partial charge in [0.1, 0.15) is 17.4 Å². The average Bonchev–Trinajstić information content (AvgIpc) is 3.23. The molecule has 2 aromatic heterocycles. The highest BCUT2D eigenvalue weighted by Crippen LogP contribution is 2.38. The van der Waals surface area contributed by atoms with E-state index in [9.17, 15) is 9.50 Å². The number of anilines is 1. The van der Waals surface area contributed by atoms with E-state index in [4.69, 9.17) is 10.5 Å². The molecule has 5 rings (SSSR count). The van der Waals surface area contributed by atoms with E-state index in [1.807, 2.05) is 25.1 Å². The minimum absolute atomic E-state index is 0.297. The smallest absolute Gasteiger partial charge is 0.150 e. The third-order valence-electron chi connectivity index (χ3n) is 5.90.